The van der Waals surface area contributed by atoms with Crippen LogP contribution in [0.5, 0.6) is 5.75 Å². The molecule has 4 nitrogen and oxygen atoms in total. The predicted molar refractivity (Wildman–Crippen MR) is 107 cm³/mol. The lowest BCUT2D eigenvalue weighted by Crippen LogP contribution is -2.34. The van der Waals surface area contributed by atoms with Crippen molar-refractivity contribution < 1.29 is 9.53 Å². The second kappa shape index (κ2) is 8.83. The van der Waals surface area contributed by atoms with Crippen LogP contribution in [0.25, 0.3) is 0 Å². The molecule has 0 bridgehead atoms. The summed E-state index contributed by atoms with van der Waals surface area (Å²) in [6.07, 6.45) is 1.02. The fourth-order valence-electron chi connectivity index (χ4n) is 2.40. The predicted octanol–water partition coefficient (Wildman–Crippen LogP) is 4.99. The molecule has 0 fully saturated rings. The van der Waals surface area contributed by atoms with Gasteiger partial charge in [-0.2, -0.15) is 0 Å². The summed E-state index contributed by atoms with van der Waals surface area (Å²) in [5, 5.41) is 6.40. The highest BCUT2D eigenvalue weighted by Gasteiger charge is 2.13. The Labute approximate surface area is 158 Å². The van der Waals surface area contributed by atoms with Crippen LogP contribution < -0.4 is 15.4 Å². The van der Waals surface area contributed by atoms with Gasteiger partial charge in [-0.25, -0.2) is 0 Å². The van der Waals surface area contributed by atoms with Crippen LogP contribution in [0.15, 0.2) is 42.5 Å². The van der Waals surface area contributed by atoms with Gasteiger partial charge in [-0.1, -0.05) is 43.6 Å². The Morgan fingerprint density at radius 2 is 2.00 bits per heavy atom. The van der Waals surface area contributed by atoms with Crippen LogP contribution >= 0.6 is 23.8 Å². The number of methoxy groups -OCH3 is 1. The summed E-state index contributed by atoms with van der Waals surface area (Å²) in [6, 6.07) is 12.8. The quantitative estimate of drug-likeness (QED) is 0.722. The number of anilines is 1. The number of nitrogens with one attached hydrogen (secondary N) is 2. The number of hydrogen-bond donors (Lipinski definition) is 2. The van der Waals surface area contributed by atoms with E-state index >= 15 is 0 Å². The Hall–Kier alpha value is -2.11. The SMILES string of the molecule is CCC(C)c1ccccc1NC(=S)NC(=O)c1ccc(OC)c(Cl)c1. The Bertz CT molecular complexity index is 780. The van der Waals surface area contributed by atoms with E-state index in [-0.39, 0.29) is 11.0 Å². The average molecular weight is 377 g/mol. The molecular formula is C19H21ClN2O2S. The van der Waals surface area contributed by atoms with Crippen LogP contribution in [0.4, 0.5) is 5.69 Å². The van der Waals surface area contributed by atoms with Crippen LogP contribution in [-0.2, 0) is 0 Å². The molecule has 2 N–H and O–H groups in total. The number of halogens is 1. The smallest absolute Gasteiger partial charge is 0.257 e. The van der Waals surface area contributed by atoms with Gasteiger partial charge in [0.15, 0.2) is 5.11 Å². The van der Waals surface area contributed by atoms with E-state index in [9.17, 15) is 4.79 Å². The first-order valence-corrected chi connectivity index (χ1v) is 8.79. The van der Waals surface area contributed by atoms with Gasteiger partial charge < -0.3 is 10.1 Å². The number of carbonyl (C=O) groups is 1. The average Bonchev–Trinajstić information content (AvgIpc) is 2.61. The van der Waals surface area contributed by atoms with Crippen molar-refractivity contribution in [2.75, 3.05) is 12.4 Å². The third-order valence-corrected chi connectivity index (χ3v) is 4.49. The van der Waals surface area contributed by atoms with Gasteiger partial charge in [0.05, 0.1) is 12.1 Å². The van der Waals surface area contributed by atoms with Crippen LogP contribution in [0, 0.1) is 0 Å². The summed E-state index contributed by atoms with van der Waals surface area (Å²) < 4.78 is 5.08. The van der Waals surface area contributed by atoms with E-state index in [1.54, 1.807) is 18.2 Å². The van der Waals surface area contributed by atoms with Crippen molar-refractivity contribution in [1.82, 2.24) is 5.32 Å². The maximum absolute atomic E-state index is 12.3. The molecule has 1 amide bonds. The zero-order chi connectivity index (χ0) is 18.4. The highest BCUT2D eigenvalue weighted by molar-refractivity contribution is 7.80. The van der Waals surface area contributed by atoms with Crippen LogP contribution in [-0.4, -0.2) is 18.1 Å². The van der Waals surface area contributed by atoms with E-state index in [4.69, 9.17) is 28.6 Å². The number of carbonyl (C=O) groups excluding carboxylic acids is 1. The number of thiocarbonyl (C=S) groups is 1. The Balaban J connectivity index is 2.08. The Morgan fingerprint density at radius 1 is 1.28 bits per heavy atom. The van der Waals surface area contributed by atoms with E-state index in [0.29, 0.717) is 22.3 Å². The van der Waals surface area contributed by atoms with Gasteiger partial charge in [-0.15, -0.1) is 0 Å². The lowest BCUT2D eigenvalue weighted by molar-refractivity contribution is 0.0977. The van der Waals surface area contributed by atoms with Crippen molar-refractivity contribution in [2.45, 2.75) is 26.2 Å². The van der Waals surface area contributed by atoms with Gasteiger partial charge in [-0.05, 0) is 54.4 Å². The minimum absolute atomic E-state index is 0.243. The number of ether oxygens (including phenoxy) is 1. The summed E-state index contributed by atoms with van der Waals surface area (Å²) in [5.41, 5.74) is 2.47. The largest absolute Gasteiger partial charge is 0.495 e. The molecule has 0 spiro atoms. The topological polar surface area (TPSA) is 50.4 Å². The molecule has 0 aromatic heterocycles. The standard InChI is InChI=1S/C19H21ClN2O2S/c1-4-12(2)14-7-5-6-8-16(14)21-19(25)22-18(23)13-9-10-17(24-3)15(20)11-13/h5-12H,4H2,1-3H3,(H2,21,22,23,25). The minimum atomic E-state index is -0.330. The van der Waals surface area contributed by atoms with Crippen LogP contribution in [0.3, 0.4) is 0 Å². The van der Waals surface area contributed by atoms with E-state index < -0.39 is 0 Å². The van der Waals surface area contributed by atoms with E-state index in [0.717, 1.165) is 17.7 Å². The van der Waals surface area contributed by atoms with Gasteiger partial charge in [-0.3, -0.25) is 10.1 Å². The third kappa shape index (κ3) is 4.94. The summed E-state index contributed by atoms with van der Waals surface area (Å²) in [5.74, 6) is 0.576. The highest BCUT2D eigenvalue weighted by atomic mass is 35.5. The normalized spacial score (nSPS) is 11.5. The molecule has 25 heavy (non-hydrogen) atoms. The Kier molecular flexibility index (Phi) is 6.79. The fourth-order valence-corrected chi connectivity index (χ4v) is 2.86. The molecule has 0 saturated heterocycles. The maximum Gasteiger partial charge on any atom is 0.257 e. The molecule has 1 unspecified atom stereocenters. The first-order valence-electron chi connectivity index (χ1n) is 8.01. The molecule has 1 atom stereocenters. The first kappa shape index (κ1) is 19.2. The third-order valence-electron chi connectivity index (χ3n) is 3.99. The summed E-state index contributed by atoms with van der Waals surface area (Å²) in [7, 11) is 1.52. The second-order valence-electron chi connectivity index (χ2n) is 5.65. The van der Waals surface area contributed by atoms with Crippen molar-refractivity contribution in [3.05, 3.63) is 58.6 Å². The molecule has 132 valence electrons. The van der Waals surface area contributed by atoms with Gasteiger partial charge in [0.25, 0.3) is 5.91 Å². The van der Waals surface area contributed by atoms with Gasteiger partial charge in [0.2, 0.25) is 0 Å². The van der Waals surface area contributed by atoms with Gasteiger partial charge in [0, 0.05) is 11.3 Å². The number of rotatable bonds is 5. The van der Waals surface area contributed by atoms with E-state index in [1.165, 1.54) is 7.11 Å². The molecule has 2 rings (SSSR count). The van der Waals surface area contributed by atoms with Crippen molar-refractivity contribution in [2.24, 2.45) is 0 Å². The Morgan fingerprint density at radius 3 is 2.64 bits per heavy atom. The molecule has 0 aliphatic rings. The van der Waals surface area contributed by atoms with Gasteiger partial charge >= 0.3 is 0 Å². The second-order valence-corrected chi connectivity index (χ2v) is 6.47. The van der Waals surface area contributed by atoms with E-state index in [1.807, 2.05) is 18.2 Å². The molecule has 0 heterocycles. The maximum atomic E-state index is 12.3. The minimum Gasteiger partial charge on any atom is -0.495 e. The summed E-state index contributed by atoms with van der Waals surface area (Å²) >= 11 is 11.3. The summed E-state index contributed by atoms with van der Waals surface area (Å²) in [6.45, 7) is 4.29. The number of benzene rings is 2. The molecule has 0 radical (unpaired) electrons. The molecular weight excluding hydrogens is 356 g/mol. The van der Waals surface area contributed by atoms with Crippen LogP contribution in [0.2, 0.25) is 5.02 Å². The van der Waals surface area contributed by atoms with Crippen molar-refractivity contribution in [3.8, 4) is 5.75 Å². The number of hydrogen-bond acceptors (Lipinski definition) is 3. The van der Waals surface area contributed by atoms with Crippen molar-refractivity contribution >= 4 is 40.5 Å². The fraction of sp³-hybridized carbons (Fsp3) is 0.263. The first-order chi connectivity index (χ1) is 12.0. The van der Waals surface area contributed by atoms with E-state index in [2.05, 4.69) is 30.5 Å². The molecule has 0 saturated carbocycles. The zero-order valence-corrected chi connectivity index (χ0v) is 16.0. The number of para-hydroxylation sites is 1. The molecule has 2 aromatic rings. The lowest BCUT2D eigenvalue weighted by Gasteiger charge is -2.17. The monoisotopic (exact) mass is 376 g/mol. The molecule has 0 aliphatic heterocycles. The van der Waals surface area contributed by atoms with Crippen molar-refractivity contribution in [1.29, 1.82) is 0 Å². The zero-order valence-electron chi connectivity index (χ0n) is 14.4. The molecule has 6 heteroatoms. The molecule has 2 aromatic carbocycles. The summed E-state index contributed by atoms with van der Waals surface area (Å²) in [4.78, 5) is 12.3. The van der Waals surface area contributed by atoms with Crippen molar-refractivity contribution in [3.63, 3.8) is 0 Å². The molecule has 0 aliphatic carbocycles. The number of amides is 1. The highest BCUT2D eigenvalue weighted by Crippen LogP contribution is 2.27. The van der Waals surface area contributed by atoms with Crippen LogP contribution in [0.1, 0.15) is 42.1 Å². The lowest BCUT2D eigenvalue weighted by atomic mass is 9.97. The van der Waals surface area contributed by atoms with Gasteiger partial charge in [0.1, 0.15) is 5.75 Å².